The maximum Gasteiger partial charge on any atom is 0.236 e. The number of piperazine rings is 1. The molecule has 1 aromatic heterocycles. The Morgan fingerprint density at radius 3 is 2.44 bits per heavy atom. The molecular weight excluding hydrogens is 360 g/mol. The topological polar surface area (TPSA) is 64.7 Å². The molecule has 2 amide bonds. The maximum absolute atomic E-state index is 12.7. The van der Waals surface area contributed by atoms with Gasteiger partial charge in [-0.2, -0.15) is 0 Å². The van der Waals surface area contributed by atoms with E-state index in [-0.39, 0.29) is 17.9 Å². The van der Waals surface area contributed by atoms with E-state index in [4.69, 9.17) is 0 Å². The van der Waals surface area contributed by atoms with E-state index in [0.29, 0.717) is 26.2 Å². The highest BCUT2D eigenvalue weighted by molar-refractivity contribution is 7.10. The van der Waals surface area contributed by atoms with Crippen LogP contribution >= 0.6 is 11.3 Å². The summed E-state index contributed by atoms with van der Waals surface area (Å²) in [5.74, 6) is 0.116. The molecule has 6 nitrogen and oxygen atoms in total. The van der Waals surface area contributed by atoms with Crippen LogP contribution in [-0.2, 0) is 9.59 Å². The van der Waals surface area contributed by atoms with E-state index in [2.05, 4.69) is 39.1 Å². The Morgan fingerprint density at radius 2 is 1.81 bits per heavy atom. The minimum Gasteiger partial charge on any atom is -0.358 e. The van der Waals surface area contributed by atoms with Gasteiger partial charge in [0.2, 0.25) is 11.8 Å². The van der Waals surface area contributed by atoms with Gasteiger partial charge in [0, 0.05) is 38.1 Å². The molecule has 0 aliphatic carbocycles. The van der Waals surface area contributed by atoms with Gasteiger partial charge in [-0.05, 0) is 17.0 Å². The number of hydrogen-bond acceptors (Lipinski definition) is 5. The quantitative estimate of drug-likeness (QED) is 0.753. The Labute approximate surface area is 164 Å². The van der Waals surface area contributed by atoms with Crippen LogP contribution in [0.4, 0.5) is 0 Å². The van der Waals surface area contributed by atoms with Crippen molar-refractivity contribution in [3.63, 3.8) is 0 Å². The Balaban J connectivity index is 1.54. The molecule has 2 heterocycles. The molecule has 27 heavy (non-hydrogen) atoms. The fraction of sp³-hybridized carbons (Fsp3) is 0.400. The summed E-state index contributed by atoms with van der Waals surface area (Å²) in [4.78, 5) is 29.3. The average Bonchev–Trinajstić information content (AvgIpc) is 3.24. The summed E-state index contributed by atoms with van der Waals surface area (Å²) in [5.41, 5.74) is 1.16. The normalized spacial score (nSPS) is 16.1. The predicted molar refractivity (Wildman–Crippen MR) is 108 cm³/mol. The number of amides is 2. The molecule has 1 aliphatic heterocycles. The van der Waals surface area contributed by atoms with Crippen LogP contribution in [0.3, 0.4) is 0 Å². The average molecular weight is 387 g/mol. The third-order valence-corrected chi connectivity index (χ3v) is 5.73. The van der Waals surface area contributed by atoms with E-state index in [1.54, 1.807) is 18.4 Å². The summed E-state index contributed by atoms with van der Waals surface area (Å²) in [6, 6.07) is 14.3. The highest BCUT2D eigenvalue weighted by Gasteiger charge is 2.23. The second-order valence-corrected chi connectivity index (χ2v) is 7.55. The molecule has 2 aromatic rings. The first-order valence-electron chi connectivity index (χ1n) is 9.20. The standard InChI is InChI=1S/C20H26N4O2S/c1-21-18(25)15-23-9-11-24(12-10-23)19(26)14-22-20(17-8-5-13-27-17)16-6-3-2-4-7-16/h2-8,13,20,22H,9-12,14-15H2,1H3,(H,21,25)/t20-/m0/s1. The SMILES string of the molecule is CNC(=O)CN1CCN(C(=O)CN[C@@H](c2ccccc2)c2cccs2)CC1. The molecule has 0 unspecified atom stereocenters. The summed E-state index contributed by atoms with van der Waals surface area (Å²) in [6.45, 7) is 3.47. The number of nitrogens with zero attached hydrogens (tertiary/aromatic N) is 2. The molecule has 1 atom stereocenters. The van der Waals surface area contributed by atoms with Crippen molar-refractivity contribution in [3.8, 4) is 0 Å². The molecule has 0 radical (unpaired) electrons. The fourth-order valence-electron chi connectivity index (χ4n) is 3.22. The number of carbonyl (C=O) groups excluding carboxylic acids is 2. The molecule has 2 N–H and O–H groups in total. The number of likely N-dealkylation sites (N-methyl/N-ethyl adjacent to an activating group) is 1. The highest BCUT2D eigenvalue weighted by Crippen LogP contribution is 2.25. The lowest BCUT2D eigenvalue weighted by molar-refractivity contribution is -0.132. The Morgan fingerprint density at radius 1 is 1.07 bits per heavy atom. The molecule has 1 fully saturated rings. The van der Waals surface area contributed by atoms with Crippen LogP contribution in [0.15, 0.2) is 47.8 Å². The first-order chi connectivity index (χ1) is 13.2. The van der Waals surface area contributed by atoms with Crippen LogP contribution in [0.1, 0.15) is 16.5 Å². The summed E-state index contributed by atoms with van der Waals surface area (Å²) >= 11 is 1.69. The number of rotatable bonds is 7. The lowest BCUT2D eigenvalue weighted by atomic mass is 10.1. The first-order valence-corrected chi connectivity index (χ1v) is 10.1. The summed E-state index contributed by atoms with van der Waals surface area (Å²) in [6.07, 6.45) is 0. The Bertz CT molecular complexity index is 728. The maximum atomic E-state index is 12.7. The van der Waals surface area contributed by atoms with Crippen molar-refractivity contribution >= 4 is 23.2 Å². The molecule has 1 aromatic carbocycles. The molecule has 7 heteroatoms. The van der Waals surface area contributed by atoms with Gasteiger partial charge >= 0.3 is 0 Å². The van der Waals surface area contributed by atoms with E-state index < -0.39 is 0 Å². The summed E-state index contributed by atoms with van der Waals surface area (Å²) < 4.78 is 0. The number of hydrogen-bond donors (Lipinski definition) is 2. The van der Waals surface area contributed by atoms with Gasteiger partial charge in [-0.1, -0.05) is 36.4 Å². The monoisotopic (exact) mass is 386 g/mol. The zero-order chi connectivity index (χ0) is 19.1. The van der Waals surface area contributed by atoms with Gasteiger partial charge in [0.25, 0.3) is 0 Å². The van der Waals surface area contributed by atoms with E-state index in [1.807, 2.05) is 29.2 Å². The van der Waals surface area contributed by atoms with Crippen LogP contribution < -0.4 is 10.6 Å². The van der Waals surface area contributed by atoms with Gasteiger partial charge in [0.1, 0.15) is 0 Å². The number of carbonyl (C=O) groups is 2. The van der Waals surface area contributed by atoms with Crippen LogP contribution in [0.2, 0.25) is 0 Å². The van der Waals surface area contributed by atoms with Crippen molar-refractivity contribution in [2.45, 2.75) is 6.04 Å². The Kier molecular flexibility index (Phi) is 6.98. The van der Waals surface area contributed by atoms with Crippen LogP contribution in [0.5, 0.6) is 0 Å². The molecule has 1 saturated heterocycles. The van der Waals surface area contributed by atoms with E-state index >= 15 is 0 Å². The van der Waals surface area contributed by atoms with Crippen molar-refractivity contribution in [2.24, 2.45) is 0 Å². The van der Waals surface area contributed by atoms with Crippen molar-refractivity contribution in [2.75, 3.05) is 46.3 Å². The molecule has 0 spiro atoms. The van der Waals surface area contributed by atoms with Crippen LogP contribution in [0.25, 0.3) is 0 Å². The summed E-state index contributed by atoms with van der Waals surface area (Å²) in [7, 11) is 1.64. The van der Waals surface area contributed by atoms with Gasteiger partial charge in [-0.15, -0.1) is 11.3 Å². The molecule has 0 bridgehead atoms. The minimum absolute atomic E-state index is 0.0121. The van der Waals surface area contributed by atoms with E-state index in [9.17, 15) is 9.59 Å². The van der Waals surface area contributed by atoms with Gasteiger partial charge in [-0.25, -0.2) is 0 Å². The number of thiophene rings is 1. The largest absolute Gasteiger partial charge is 0.358 e. The second-order valence-electron chi connectivity index (χ2n) is 6.57. The van der Waals surface area contributed by atoms with Gasteiger partial charge in [-0.3, -0.25) is 19.8 Å². The molecular formula is C20H26N4O2S. The van der Waals surface area contributed by atoms with Crippen LogP contribution in [0, 0.1) is 0 Å². The van der Waals surface area contributed by atoms with Gasteiger partial charge in [0.15, 0.2) is 0 Å². The van der Waals surface area contributed by atoms with Crippen molar-refractivity contribution in [1.82, 2.24) is 20.4 Å². The van der Waals surface area contributed by atoms with E-state index in [1.165, 1.54) is 4.88 Å². The number of benzene rings is 1. The van der Waals surface area contributed by atoms with Gasteiger partial charge in [0.05, 0.1) is 19.1 Å². The molecule has 3 rings (SSSR count). The molecule has 0 saturated carbocycles. The lowest BCUT2D eigenvalue weighted by Gasteiger charge is -2.34. The Hall–Kier alpha value is -2.22. The summed E-state index contributed by atoms with van der Waals surface area (Å²) in [5, 5.41) is 8.12. The zero-order valence-electron chi connectivity index (χ0n) is 15.6. The van der Waals surface area contributed by atoms with Crippen LogP contribution in [-0.4, -0.2) is 67.9 Å². The van der Waals surface area contributed by atoms with Crippen molar-refractivity contribution in [3.05, 3.63) is 58.3 Å². The molecule has 144 valence electrons. The first kappa shape index (κ1) is 19.5. The highest BCUT2D eigenvalue weighted by atomic mass is 32.1. The molecule has 1 aliphatic rings. The minimum atomic E-state index is 0.0121. The van der Waals surface area contributed by atoms with Crippen molar-refractivity contribution < 1.29 is 9.59 Å². The van der Waals surface area contributed by atoms with Gasteiger partial charge < -0.3 is 10.2 Å². The number of nitrogens with one attached hydrogen (secondary N) is 2. The third kappa shape index (κ3) is 5.38. The second kappa shape index (κ2) is 9.64. The predicted octanol–water partition coefficient (Wildman–Crippen LogP) is 1.32. The smallest absolute Gasteiger partial charge is 0.236 e. The third-order valence-electron chi connectivity index (χ3n) is 4.79. The zero-order valence-corrected chi connectivity index (χ0v) is 16.4. The lowest BCUT2D eigenvalue weighted by Crippen LogP contribution is -2.52. The fourth-order valence-corrected chi connectivity index (χ4v) is 4.05. The van der Waals surface area contributed by atoms with Crippen molar-refractivity contribution in [1.29, 1.82) is 0 Å². The van der Waals surface area contributed by atoms with E-state index in [0.717, 1.165) is 18.7 Å².